The molecule has 41 heavy (non-hydrogen) atoms. The highest BCUT2D eigenvalue weighted by Gasteiger charge is 2.44. The zero-order valence-electron chi connectivity index (χ0n) is 22.7. The molecule has 8 nitrogen and oxygen atoms in total. The molecule has 1 unspecified atom stereocenters. The molecule has 1 aliphatic carbocycles. The quantitative estimate of drug-likeness (QED) is 0.345. The number of aliphatic carboxylic acids is 1. The summed E-state index contributed by atoms with van der Waals surface area (Å²) >= 11 is 0. The first-order valence-electron chi connectivity index (χ1n) is 13.8. The Kier molecular flexibility index (Phi) is 8.37. The van der Waals surface area contributed by atoms with E-state index in [1.807, 2.05) is 78.9 Å². The fraction of sp³-hybridized carbons (Fsp3) is 0.303. The molecular weight excluding hydrogens is 518 g/mol. The number of piperidine rings is 1. The molecule has 1 aliphatic heterocycles. The molecule has 0 spiro atoms. The summed E-state index contributed by atoms with van der Waals surface area (Å²) in [6.45, 7) is 1.79. The zero-order chi connectivity index (χ0) is 28.8. The van der Waals surface area contributed by atoms with Gasteiger partial charge in [0.05, 0.1) is 0 Å². The van der Waals surface area contributed by atoms with E-state index < -0.39 is 29.6 Å². The lowest BCUT2D eigenvalue weighted by Gasteiger charge is -2.40. The maximum absolute atomic E-state index is 13.3. The first-order chi connectivity index (χ1) is 19.9. The highest BCUT2D eigenvalue weighted by Crippen LogP contribution is 2.44. The summed E-state index contributed by atoms with van der Waals surface area (Å²) in [5, 5.41) is 15.3. The number of carboxylic acids is 1. The van der Waals surface area contributed by atoms with E-state index in [1.165, 1.54) is 0 Å². The van der Waals surface area contributed by atoms with Crippen molar-refractivity contribution in [1.82, 2.24) is 15.5 Å². The summed E-state index contributed by atoms with van der Waals surface area (Å²) in [5.74, 6) is 0.520. The number of alkyl carbamates (subject to hydrolysis) is 1. The van der Waals surface area contributed by atoms with Crippen LogP contribution < -0.4 is 10.6 Å². The monoisotopic (exact) mass is 551 g/mol. The minimum absolute atomic E-state index is 0.0839. The summed E-state index contributed by atoms with van der Waals surface area (Å²) in [6, 6.07) is 24.8. The normalized spacial score (nSPS) is 16.5. The van der Waals surface area contributed by atoms with Crippen LogP contribution in [0.1, 0.15) is 41.9 Å². The third-order valence-corrected chi connectivity index (χ3v) is 8.00. The number of benzene rings is 3. The predicted molar refractivity (Wildman–Crippen MR) is 155 cm³/mol. The van der Waals surface area contributed by atoms with Crippen LogP contribution in [0.5, 0.6) is 0 Å². The number of carboxylic acid groups (broad SMARTS) is 1. The molecule has 0 aromatic heterocycles. The van der Waals surface area contributed by atoms with Gasteiger partial charge in [-0.15, -0.1) is 12.3 Å². The van der Waals surface area contributed by atoms with Crippen LogP contribution in [0, 0.1) is 12.3 Å². The molecule has 3 aromatic rings. The number of amides is 2. The second-order valence-corrected chi connectivity index (χ2v) is 10.6. The number of terminal acetylenes is 1. The van der Waals surface area contributed by atoms with E-state index in [1.54, 1.807) is 0 Å². The number of nitrogens with zero attached hydrogens (tertiary/aromatic N) is 1. The number of hydrogen-bond acceptors (Lipinski definition) is 5. The van der Waals surface area contributed by atoms with Crippen LogP contribution in [0.3, 0.4) is 0 Å². The number of nitrogens with one attached hydrogen (secondary N) is 2. The SMILES string of the molecule is C#CCC(NC(=O)OCC1c2ccccc2-c2ccccc21)C(=O)NC1(C(=O)O)CCN(Cc2ccccc2)CC1. The highest BCUT2D eigenvalue weighted by molar-refractivity contribution is 5.91. The molecule has 210 valence electrons. The molecule has 0 bridgehead atoms. The summed E-state index contributed by atoms with van der Waals surface area (Å²) in [5.41, 5.74) is 4.05. The fourth-order valence-corrected chi connectivity index (χ4v) is 5.76. The van der Waals surface area contributed by atoms with Gasteiger partial charge in [-0.2, -0.15) is 0 Å². The Hall–Kier alpha value is -4.61. The molecule has 1 saturated heterocycles. The molecule has 0 saturated carbocycles. The fourth-order valence-electron chi connectivity index (χ4n) is 5.76. The van der Waals surface area contributed by atoms with Crippen molar-refractivity contribution in [2.45, 2.75) is 43.3 Å². The van der Waals surface area contributed by atoms with Gasteiger partial charge in [0.15, 0.2) is 0 Å². The Bertz CT molecular complexity index is 1410. The molecule has 2 amide bonds. The zero-order valence-corrected chi connectivity index (χ0v) is 22.7. The molecule has 0 radical (unpaired) electrons. The van der Waals surface area contributed by atoms with Crippen molar-refractivity contribution in [2.75, 3.05) is 19.7 Å². The van der Waals surface area contributed by atoms with Gasteiger partial charge in [-0.3, -0.25) is 9.69 Å². The molecule has 8 heteroatoms. The van der Waals surface area contributed by atoms with Gasteiger partial charge >= 0.3 is 12.1 Å². The number of ether oxygens (including phenoxy) is 1. The van der Waals surface area contributed by atoms with Crippen molar-refractivity contribution in [3.8, 4) is 23.5 Å². The van der Waals surface area contributed by atoms with Crippen molar-refractivity contribution in [2.24, 2.45) is 0 Å². The maximum atomic E-state index is 13.3. The Labute approximate surface area is 239 Å². The van der Waals surface area contributed by atoms with E-state index in [4.69, 9.17) is 11.2 Å². The Morgan fingerprint density at radius 1 is 0.951 bits per heavy atom. The lowest BCUT2D eigenvalue weighted by Crippen LogP contribution is -2.63. The average Bonchev–Trinajstić information content (AvgIpc) is 3.31. The van der Waals surface area contributed by atoms with E-state index >= 15 is 0 Å². The van der Waals surface area contributed by atoms with Crippen LogP contribution in [0.2, 0.25) is 0 Å². The van der Waals surface area contributed by atoms with Gasteiger partial charge in [-0.25, -0.2) is 9.59 Å². The van der Waals surface area contributed by atoms with Gasteiger partial charge < -0.3 is 20.5 Å². The van der Waals surface area contributed by atoms with E-state index in [0.717, 1.165) is 27.8 Å². The molecular formula is C33H33N3O5. The minimum Gasteiger partial charge on any atom is -0.480 e. The number of carbonyl (C=O) groups excluding carboxylic acids is 2. The van der Waals surface area contributed by atoms with Gasteiger partial charge in [-0.1, -0.05) is 78.9 Å². The third kappa shape index (κ3) is 6.11. The summed E-state index contributed by atoms with van der Waals surface area (Å²) < 4.78 is 5.58. The smallest absolute Gasteiger partial charge is 0.407 e. The van der Waals surface area contributed by atoms with Crippen LogP contribution in [-0.4, -0.2) is 59.3 Å². The van der Waals surface area contributed by atoms with E-state index in [0.29, 0.717) is 19.6 Å². The second kappa shape index (κ2) is 12.3. The Balaban J connectivity index is 1.19. The molecule has 3 aromatic carbocycles. The molecule has 3 N–H and O–H groups in total. The highest BCUT2D eigenvalue weighted by atomic mass is 16.5. The maximum Gasteiger partial charge on any atom is 0.407 e. The van der Waals surface area contributed by atoms with Crippen molar-refractivity contribution in [3.63, 3.8) is 0 Å². The molecule has 1 atom stereocenters. The largest absolute Gasteiger partial charge is 0.480 e. The van der Waals surface area contributed by atoms with E-state index in [-0.39, 0.29) is 31.8 Å². The van der Waals surface area contributed by atoms with E-state index in [9.17, 15) is 19.5 Å². The van der Waals surface area contributed by atoms with Gasteiger partial charge in [0.25, 0.3) is 0 Å². The van der Waals surface area contributed by atoms with Crippen LogP contribution in [0.15, 0.2) is 78.9 Å². The number of fused-ring (bicyclic) bond motifs is 3. The first kappa shape index (κ1) is 27.9. The molecule has 2 aliphatic rings. The van der Waals surface area contributed by atoms with Gasteiger partial charge in [-0.05, 0) is 40.7 Å². The number of likely N-dealkylation sites (tertiary alicyclic amines) is 1. The van der Waals surface area contributed by atoms with Crippen LogP contribution >= 0.6 is 0 Å². The van der Waals surface area contributed by atoms with Crippen LogP contribution in [0.4, 0.5) is 4.79 Å². The van der Waals surface area contributed by atoms with Crippen molar-refractivity contribution >= 4 is 18.0 Å². The minimum atomic E-state index is -1.44. The average molecular weight is 552 g/mol. The molecule has 1 fully saturated rings. The van der Waals surface area contributed by atoms with Crippen molar-refractivity contribution < 1.29 is 24.2 Å². The van der Waals surface area contributed by atoms with Gasteiger partial charge in [0.2, 0.25) is 5.91 Å². The van der Waals surface area contributed by atoms with Gasteiger partial charge in [0.1, 0.15) is 18.2 Å². The second-order valence-electron chi connectivity index (χ2n) is 10.6. The topological polar surface area (TPSA) is 108 Å². The van der Waals surface area contributed by atoms with Crippen molar-refractivity contribution in [1.29, 1.82) is 0 Å². The lowest BCUT2D eigenvalue weighted by molar-refractivity contribution is -0.150. The van der Waals surface area contributed by atoms with Crippen LogP contribution in [-0.2, 0) is 20.9 Å². The first-order valence-corrected chi connectivity index (χ1v) is 13.8. The Morgan fingerprint density at radius 3 is 2.12 bits per heavy atom. The summed E-state index contributed by atoms with van der Waals surface area (Å²) in [6.07, 6.45) is 5.06. The molecule has 5 rings (SSSR count). The van der Waals surface area contributed by atoms with Crippen LogP contribution in [0.25, 0.3) is 11.1 Å². The molecule has 1 heterocycles. The van der Waals surface area contributed by atoms with Crippen molar-refractivity contribution in [3.05, 3.63) is 95.6 Å². The van der Waals surface area contributed by atoms with E-state index in [2.05, 4.69) is 21.5 Å². The number of carbonyl (C=O) groups is 3. The lowest BCUT2D eigenvalue weighted by atomic mass is 9.86. The summed E-state index contributed by atoms with van der Waals surface area (Å²) in [7, 11) is 0. The predicted octanol–water partition coefficient (Wildman–Crippen LogP) is 4.15. The summed E-state index contributed by atoms with van der Waals surface area (Å²) in [4.78, 5) is 40.6. The third-order valence-electron chi connectivity index (χ3n) is 8.00. The number of rotatable bonds is 9. The Morgan fingerprint density at radius 2 is 1.54 bits per heavy atom. The number of hydrogen-bond donors (Lipinski definition) is 3. The standard InChI is InChI=1S/C33H33N3O5/c1-2-10-29(30(37)35-33(31(38)39)17-19-36(20-18-33)21-23-11-4-3-5-12-23)34-32(40)41-22-28-26-15-8-6-13-24(26)25-14-7-9-16-27(25)28/h1,3-9,11-16,28-29H,10,17-22H2,(H,34,40)(H,35,37)(H,38,39). The van der Waals surface area contributed by atoms with Gasteiger partial charge in [0, 0.05) is 32.0 Å².